The lowest BCUT2D eigenvalue weighted by Crippen LogP contribution is -2.22. The van der Waals surface area contributed by atoms with Crippen molar-refractivity contribution in [1.82, 2.24) is 4.57 Å². The monoisotopic (exact) mass is 221 g/mol. The van der Waals surface area contributed by atoms with Crippen LogP contribution in [0.4, 0.5) is 0 Å². The Hall–Kier alpha value is -1.49. The Balaban J connectivity index is 2.69. The molecule has 0 atom stereocenters. The molecule has 1 aromatic heterocycles. The highest BCUT2D eigenvalue weighted by molar-refractivity contribution is 8.07. The first-order chi connectivity index (χ1) is 7.07. The molecule has 78 valence electrons. The molecular formula is C10H11N3OS. The van der Waals surface area contributed by atoms with E-state index in [1.807, 2.05) is 25.3 Å². The van der Waals surface area contributed by atoms with Gasteiger partial charge in [-0.3, -0.25) is 14.8 Å². The van der Waals surface area contributed by atoms with Crippen molar-refractivity contribution in [3.8, 4) is 0 Å². The predicted molar refractivity (Wildman–Crippen MR) is 61.9 cm³/mol. The highest BCUT2D eigenvalue weighted by Gasteiger charge is 2.30. The first-order valence-electron chi connectivity index (χ1n) is 4.44. The Kier molecular flexibility index (Phi) is 2.19. The Bertz CT molecular complexity index is 499. The minimum Gasteiger partial charge on any atom is -0.365 e. The molecule has 0 radical (unpaired) electrons. The normalized spacial score (nSPS) is 14.7. The van der Waals surface area contributed by atoms with E-state index in [1.165, 1.54) is 11.8 Å². The number of carbonyl (C=O) groups is 1. The van der Waals surface area contributed by atoms with Crippen LogP contribution in [-0.4, -0.2) is 22.6 Å². The van der Waals surface area contributed by atoms with Gasteiger partial charge in [0.05, 0.1) is 11.3 Å². The van der Waals surface area contributed by atoms with Gasteiger partial charge in [-0.15, -0.1) is 11.8 Å². The van der Waals surface area contributed by atoms with E-state index in [0.717, 1.165) is 16.3 Å². The third-order valence-electron chi connectivity index (χ3n) is 2.45. The largest absolute Gasteiger partial charge is 0.365 e. The van der Waals surface area contributed by atoms with Crippen molar-refractivity contribution in [3.05, 3.63) is 29.1 Å². The van der Waals surface area contributed by atoms with Gasteiger partial charge in [0.1, 0.15) is 5.84 Å². The molecule has 1 amide bonds. The molecule has 0 saturated heterocycles. The second kappa shape index (κ2) is 3.27. The fourth-order valence-corrected chi connectivity index (χ4v) is 2.57. The molecule has 3 N–H and O–H groups in total. The number of nitrogens with two attached hydrogens (primary N) is 1. The van der Waals surface area contributed by atoms with E-state index in [9.17, 15) is 4.79 Å². The molecule has 0 spiro atoms. The summed E-state index contributed by atoms with van der Waals surface area (Å²) in [6, 6.07) is 3.84. The molecule has 1 aliphatic heterocycles. The standard InChI is InChI=1S/C10H11N3OS/c1-5-3-4-6-8(15-2)7(10(12)14)9(11)13(5)6/h3-4,11H,1-2H3,(H2,12,14). The summed E-state index contributed by atoms with van der Waals surface area (Å²) in [4.78, 5) is 12.0. The number of amides is 1. The Morgan fingerprint density at radius 1 is 1.53 bits per heavy atom. The fourth-order valence-electron chi connectivity index (χ4n) is 1.80. The van der Waals surface area contributed by atoms with Crippen LogP contribution in [0.1, 0.15) is 11.4 Å². The average molecular weight is 221 g/mol. The highest BCUT2D eigenvalue weighted by atomic mass is 32.2. The van der Waals surface area contributed by atoms with Crippen molar-refractivity contribution in [2.75, 3.05) is 6.26 Å². The third kappa shape index (κ3) is 1.23. The number of nitrogens with zero attached hydrogens (tertiary/aromatic N) is 1. The zero-order chi connectivity index (χ0) is 11.2. The summed E-state index contributed by atoms with van der Waals surface area (Å²) in [6.45, 7) is 1.90. The summed E-state index contributed by atoms with van der Waals surface area (Å²) in [6.07, 6.45) is 1.88. The molecule has 1 aliphatic rings. The van der Waals surface area contributed by atoms with Crippen LogP contribution in [-0.2, 0) is 4.79 Å². The molecule has 0 saturated carbocycles. The van der Waals surface area contributed by atoms with E-state index in [4.69, 9.17) is 11.1 Å². The average Bonchev–Trinajstić information content (AvgIpc) is 2.66. The molecular weight excluding hydrogens is 210 g/mol. The van der Waals surface area contributed by atoms with E-state index < -0.39 is 5.91 Å². The van der Waals surface area contributed by atoms with Gasteiger partial charge in [0.2, 0.25) is 0 Å². The smallest absolute Gasteiger partial charge is 0.253 e. The lowest BCUT2D eigenvalue weighted by Gasteiger charge is -2.03. The summed E-state index contributed by atoms with van der Waals surface area (Å²) >= 11 is 1.45. The Morgan fingerprint density at radius 3 is 2.73 bits per heavy atom. The number of carbonyl (C=O) groups excluding carboxylic acids is 1. The molecule has 0 unspecified atom stereocenters. The maximum absolute atomic E-state index is 11.3. The van der Waals surface area contributed by atoms with E-state index in [0.29, 0.717) is 5.57 Å². The van der Waals surface area contributed by atoms with E-state index in [1.54, 1.807) is 4.57 Å². The number of primary amides is 1. The number of thioether (sulfide) groups is 1. The van der Waals surface area contributed by atoms with Crippen molar-refractivity contribution in [2.45, 2.75) is 6.92 Å². The van der Waals surface area contributed by atoms with E-state index in [-0.39, 0.29) is 5.84 Å². The quantitative estimate of drug-likeness (QED) is 0.787. The second-order valence-electron chi connectivity index (χ2n) is 3.32. The Morgan fingerprint density at radius 2 is 2.20 bits per heavy atom. The lowest BCUT2D eigenvalue weighted by molar-refractivity contribution is -0.114. The van der Waals surface area contributed by atoms with Crippen molar-refractivity contribution in [2.24, 2.45) is 5.73 Å². The number of nitrogens with one attached hydrogen (secondary N) is 1. The number of rotatable bonds is 2. The van der Waals surface area contributed by atoms with Gasteiger partial charge in [0.25, 0.3) is 5.91 Å². The SMILES string of the molecule is CSC1=C(C(N)=O)C(=N)n2c(C)ccc21. The minimum atomic E-state index is -0.535. The summed E-state index contributed by atoms with van der Waals surface area (Å²) in [5.74, 6) is -0.350. The molecule has 15 heavy (non-hydrogen) atoms. The van der Waals surface area contributed by atoms with Crippen LogP contribution >= 0.6 is 11.8 Å². The zero-order valence-corrected chi connectivity index (χ0v) is 9.31. The van der Waals surface area contributed by atoms with Crippen molar-refractivity contribution in [1.29, 1.82) is 5.41 Å². The number of aromatic nitrogens is 1. The minimum absolute atomic E-state index is 0.185. The molecule has 0 aromatic carbocycles. The molecule has 2 heterocycles. The van der Waals surface area contributed by atoms with E-state index >= 15 is 0 Å². The van der Waals surface area contributed by atoms with Gasteiger partial charge in [-0.25, -0.2) is 0 Å². The zero-order valence-electron chi connectivity index (χ0n) is 8.50. The van der Waals surface area contributed by atoms with Crippen LogP contribution in [0.3, 0.4) is 0 Å². The topological polar surface area (TPSA) is 71.9 Å². The van der Waals surface area contributed by atoms with E-state index in [2.05, 4.69) is 0 Å². The van der Waals surface area contributed by atoms with Gasteiger partial charge < -0.3 is 5.73 Å². The number of fused-ring (bicyclic) bond motifs is 1. The third-order valence-corrected chi connectivity index (χ3v) is 3.27. The molecule has 4 nitrogen and oxygen atoms in total. The second-order valence-corrected chi connectivity index (χ2v) is 4.13. The highest BCUT2D eigenvalue weighted by Crippen LogP contribution is 2.36. The van der Waals surface area contributed by atoms with Crippen LogP contribution in [0.25, 0.3) is 4.91 Å². The van der Waals surface area contributed by atoms with Crippen molar-refractivity contribution < 1.29 is 4.79 Å². The van der Waals surface area contributed by atoms with Crippen LogP contribution in [0, 0.1) is 12.3 Å². The van der Waals surface area contributed by atoms with Crippen molar-refractivity contribution in [3.63, 3.8) is 0 Å². The molecule has 5 heteroatoms. The summed E-state index contributed by atoms with van der Waals surface area (Å²) in [5, 5.41) is 7.90. The summed E-state index contributed by atoms with van der Waals surface area (Å²) in [7, 11) is 0. The molecule has 1 aromatic rings. The summed E-state index contributed by atoms with van der Waals surface area (Å²) < 4.78 is 1.74. The molecule has 0 fully saturated rings. The summed E-state index contributed by atoms with van der Waals surface area (Å²) in [5.41, 5.74) is 7.43. The number of aryl methyl sites for hydroxylation is 1. The van der Waals surface area contributed by atoms with Crippen LogP contribution in [0.5, 0.6) is 0 Å². The van der Waals surface area contributed by atoms with Gasteiger partial charge in [-0.05, 0) is 25.3 Å². The molecule has 0 aliphatic carbocycles. The molecule has 2 rings (SSSR count). The van der Waals surface area contributed by atoms with Crippen LogP contribution < -0.4 is 5.73 Å². The van der Waals surface area contributed by atoms with Crippen molar-refractivity contribution >= 4 is 28.4 Å². The maximum Gasteiger partial charge on any atom is 0.253 e. The Labute approximate surface area is 91.7 Å². The number of hydrogen-bond acceptors (Lipinski definition) is 3. The van der Waals surface area contributed by atoms with Gasteiger partial charge >= 0.3 is 0 Å². The van der Waals surface area contributed by atoms with Crippen LogP contribution in [0.15, 0.2) is 17.7 Å². The predicted octanol–water partition coefficient (Wildman–Crippen LogP) is 1.19. The van der Waals surface area contributed by atoms with Gasteiger partial charge in [0.15, 0.2) is 0 Å². The number of hydrogen-bond donors (Lipinski definition) is 2. The van der Waals surface area contributed by atoms with Gasteiger partial charge in [-0.1, -0.05) is 0 Å². The first kappa shape index (κ1) is 10.0. The lowest BCUT2D eigenvalue weighted by atomic mass is 10.2. The fraction of sp³-hybridized carbons (Fsp3) is 0.200. The first-order valence-corrected chi connectivity index (χ1v) is 5.66. The van der Waals surface area contributed by atoms with Gasteiger partial charge in [-0.2, -0.15) is 0 Å². The maximum atomic E-state index is 11.3. The van der Waals surface area contributed by atoms with Crippen LogP contribution in [0.2, 0.25) is 0 Å². The molecule has 0 bridgehead atoms. The van der Waals surface area contributed by atoms with Gasteiger partial charge in [0, 0.05) is 10.6 Å².